The van der Waals surface area contributed by atoms with Gasteiger partial charge in [-0.1, -0.05) is 6.92 Å². The molecule has 15 heavy (non-hydrogen) atoms. The minimum absolute atomic E-state index is 0.411. The van der Waals surface area contributed by atoms with E-state index in [4.69, 9.17) is 4.74 Å². The maximum absolute atomic E-state index is 9.82. The molecule has 0 aliphatic heterocycles. The molecule has 3 heteroatoms. The topological polar surface area (TPSA) is 45.2 Å². The molecule has 1 heterocycles. The Labute approximate surface area is 88.7 Å². The third-order valence-electron chi connectivity index (χ3n) is 2.67. The van der Waals surface area contributed by atoms with E-state index in [0.29, 0.717) is 6.42 Å². The fourth-order valence-corrected chi connectivity index (χ4v) is 1.74. The maximum Gasteiger partial charge on any atom is 0.119 e. The molecule has 0 bridgehead atoms. The molecule has 2 aromatic rings. The van der Waals surface area contributed by atoms with Crippen molar-refractivity contribution < 1.29 is 9.84 Å². The van der Waals surface area contributed by atoms with Gasteiger partial charge in [-0.2, -0.15) is 0 Å². The van der Waals surface area contributed by atoms with E-state index in [1.54, 1.807) is 7.11 Å². The number of rotatable bonds is 3. The van der Waals surface area contributed by atoms with E-state index in [0.717, 1.165) is 22.2 Å². The van der Waals surface area contributed by atoms with Gasteiger partial charge < -0.3 is 14.8 Å². The normalized spacial score (nSPS) is 13.0. The number of aliphatic hydroxyl groups is 1. The molecule has 0 aliphatic rings. The summed E-state index contributed by atoms with van der Waals surface area (Å²) >= 11 is 0. The molecule has 0 radical (unpaired) electrons. The van der Waals surface area contributed by atoms with Crippen LogP contribution in [0, 0.1) is 0 Å². The second-order valence-corrected chi connectivity index (χ2v) is 3.58. The predicted octanol–water partition coefficient (Wildman–Crippen LogP) is 2.62. The van der Waals surface area contributed by atoms with Crippen molar-refractivity contribution in [3.63, 3.8) is 0 Å². The Morgan fingerprint density at radius 1 is 1.47 bits per heavy atom. The largest absolute Gasteiger partial charge is 0.497 e. The third kappa shape index (κ3) is 1.70. The molecule has 80 valence electrons. The molecule has 0 fully saturated rings. The Balaban J connectivity index is 2.56. The van der Waals surface area contributed by atoms with Crippen LogP contribution in [0.2, 0.25) is 0 Å². The van der Waals surface area contributed by atoms with Crippen LogP contribution in [0.3, 0.4) is 0 Å². The molecule has 0 unspecified atom stereocenters. The highest BCUT2D eigenvalue weighted by atomic mass is 16.5. The van der Waals surface area contributed by atoms with Crippen LogP contribution in [0.1, 0.15) is 25.0 Å². The molecular weight excluding hydrogens is 190 g/mol. The van der Waals surface area contributed by atoms with Gasteiger partial charge in [0.05, 0.1) is 13.2 Å². The molecule has 0 saturated carbocycles. The van der Waals surface area contributed by atoms with Crippen molar-refractivity contribution in [2.75, 3.05) is 7.11 Å². The van der Waals surface area contributed by atoms with E-state index in [9.17, 15) is 5.11 Å². The first-order valence-corrected chi connectivity index (χ1v) is 5.09. The number of nitrogens with one attached hydrogen (secondary N) is 1. The van der Waals surface area contributed by atoms with Gasteiger partial charge in [-0.3, -0.25) is 0 Å². The monoisotopic (exact) mass is 205 g/mol. The van der Waals surface area contributed by atoms with Gasteiger partial charge in [0.25, 0.3) is 0 Å². The third-order valence-corrected chi connectivity index (χ3v) is 2.67. The molecule has 3 nitrogen and oxygen atoms in total. The van der Waals surface area contributed by atoms with Crippen LogP contribution in [0.15, 0.2) is 24.4 Å². The molecule has 1 atom stereocenters. The van der Waals surface area contributed by atoms with Crippen molar-refractivity contribution in [2.45, 2.75) is 19.4 Å². The summed E-state index contributed by atoms with van der Waals surface area (Å²) in [4.78, 5) is 3.14. The van der Waals surface area contributed by atoms with Gasteiger partial charge in [0.15, 0.2) is 0 Å². The van der Waals surface area contributed by atoms with Crippen LogP contribution < -0.4 is 4.74 Å². The summed E-state index contributed by atoms with van der Waals surface area (Å²) in [6.07, 6.45) is 2.16. The number of aromatic amines is 1. The van der Waals surface area contributed by atoms with Gasteiger partial charge in [-0.15, -0.1) is 0 Å². The van der Waals surface area contributed by atoms with E-state index in [1.165, 1.54) is 0 Å². The van der Waals surface area contributed by atoms with Gasteiger partial charge in [0.2, 0.25) is 0 Å². The van der Waals surface area contributed by atoms with Crippen molar-refractivity contribution in [1.82, 2.24) is 4.98 Å². The second kappa shape index (κ2) is 3.95. The molecule has 0 saturated heterocycles. The van der Waals surface area contributed by atoms with Crippen LogP contribution in [0.25, 0.3) is 10.9 Å². The molecule has 1 aromatic heterocycles. The van der Waals surface area contributed by atoms with Gasteiger partial charge in [0, 0.05) is 22.7 Å². The van der Waals surface area contributed by atoms with Gasteiger partial charge in [-0.05, 0) is 24.6 Å². The Hall–Kier alpha value is -1.48. The SMILES string of the molecule is CC[C@@H](O)c1c[nH]c2ccc(OC)cc12. The summed E-state index contributed by atoms with van der Waals surface area (Å²) in [5, 5.41) is 10.9. The molecule has 1 aromatic carbocycles. The minimum atomic E-state index is -0.411. The summed E-state index contributed by atoms with van der Waals surface area (Å²) in [5.74, 6) is 0.812. The van der Waals surface area contributed by atoms with E-state index in [1.807, 2.05) is 31.3 Å². The quantitative estimate of drug-likeness (QED) is 0.809. The highest BCUT2D eigenvalue weighted by molar-refractivity contribution is 5.84. The van der Waals surface area contributed by atoms with Gasteiger partial charge >= 0.3 is 0 Å². The lowest BCUT2D eigenvalue weighted by atomic mass is 10.1. The molecule has 0 amide bonds. The highest BCUT2D eigenvalue weighted by Gasteiger charge is 2.11. The molecular formula is C12H15NO2. The van der Waals surface area contributed by atoms with Crippen LogP contribution in [-0.4, -0.2) is 17.2 Å². The zero-order chi connectivity index (χ0) is 10.8. The fraction of sp³-hybridized carbons (Fsp3) is 0.333. The average molecular weight is 205 g/mol. The zero-order valence-corrected chi connectivity index (χ0v) is 8.95. The lowest BCUT2D eigenvalue weighted by Gasteiger charge is -2.06. The van der Waals surface area contributed by atoms with Crippen molar-refractivity contribution >= 4 is 10.9 Å². The first-order valence-electron chi connectivity index (χ1n) is 5.09. The first-order chi connectivity index (χ1) is 7.26. The summed E-state index contributed by atoms with van der Waals surface area (Å²) in [6, 6.07) is 5.81. The Kier molecular flexibility index (Phi) is 2.64. The summed E-state index contributed by atoms with van der Waals surface area (Å²) in [5.41, 5.74) is 1.96. The van der Waals surface area contributed by atoms with Crippen LogP contribution >= 0.6 is 0 Å². The second-order valence-electron chi connectivity index (χ2n) is 3.58. The number of fused-ring (bicyclic) bond motifs is 1. The van der Waals surface area contributed by atoms with Crippen molar-refractivity contribution in [3.8, 4) is 5.75 Å². The highest BCUT2D eigenvalue weighted by Crippen LogP contribution is 2.28. The number of ether oxygens (including phenoxy) is 1. The number of methoxy groups -OCH3 is 1. The van der Waals surface area contributed by atoms with Crippen LogP contribution in [0.5, 0.6) is 5.75 Å². The van der Waals surface area contributed by atoms with E-state index >= 15 is 0 Å². The van der Waals surface area contributed by atoms with Crippen molar-refractivity contribution in [1.29, 1.82) is 0 Å². The summed E-state index contributed by atoms with van der Waals surface area (Å²) in [6.45, 7) is 1.96. The number of hydrogen-bond acceptors (Lipinski definition) is 2. The van der Waals surface area contributed by atoms with Gasteiger partial charge in [-0.25, -0.2) is 0 Å². The van der Waals surface area contributed by atoms with Crippen LogP contribution in [-0.2, 0) is 0 Å². The molecule has 2 N–H and O–H groups in total. The van der Waals surface area contributed by atoms with Crippen molar-refractivity contribution in [3.05, 3.63) is 30.0 Å². The van der Waals surface area contributed by atoms with E-state index in [-0.39, 0.29) is 0 Å². The summed E-state index contributed by atoms with van der Waals surface area (Å²) < 4.78 is 5.16. The lowest BCUT2D eigenvalue weighted by molar-refractivity contribution is 0.175. The molecule has 2 rings (SSSR count). The Bertz CT molecular complexity index is 462. The van der Waals surface area contributed by atoms with E-state index < -0.39 is 6.10 Å². The molecule has 0 spiro atoms. The maximum atomic E-state index is 9.82. The van der Waals surface area contributed by atoms with Crippen LogP contribution in [0.4, 0.5) is 0 Å². The number of hydrogen-bond donors (Lipinski definition) is 2. The smallest absolute Gasteiger partial charge is 0.119 e. The van der Waals surface area contributed by atoms with Crippen molar-refractivity contribution in [2.24, 2.45) is 0 Å². The van der Waals surface area contributed by atoms with E-state index in [2.05, 4.69) is 4.98 Å². The number of benzene rings is 1. The Morgan fingerprint density at radius 3 is 2.93 bits per heavy atom. The first kappa shape index (κ1) is 10.1. The standard InChI is InChI=1S/C12H15NO2/c1-3-12(14)10-7-13-11-5-4-8(15-2)6-9(10)11/h4-7,12-14H,3H2,1-2H3/t12-/m1/s1. The zero-order valence-electron chi connectivity index (χ0n) is 8.95. The predicted molar refractivity (Wildman–Crippen MR) is 60.1 cm³/mol. The number of H-pyrrole nitrogens is 1. The number of aliphatic hydroxyl groups excluding tert-OH is 1. The van der Waals surface area contributed by atoms with Gasteiger partial charge in [0.1, 0.15) is 5.75 Å². The number of aromatic nitrogens is 1. The molecule has 0 aliphatic carbocycles. The fourth-order valence-electron chi connectivity index (χ4n) is 1.74. The minimum Gasteiger partial charge on any atom is -0.497 e. The summed E-state index contributed by atoms with van der Waals surface area (Å²) in [7, 11) is 1.64. The average Bonchev–Trinajstić information content (AvgIpc) is 2.70. The lowest BCUT2D eigenvalue weighted by Crippen LogP contribution is -1.93. The Morgan fingerprint density at radius 2 is 2.27 bits per heavy atom.